The third-order valence-electron chi connectivity index (χ3n) is 3.33. The molecule has 0 aliphatic carbocycles. The fourth-order valence-corrected chi connectivity index (χ4v) is 4.44. The number of methoxy groups -OCH3 is 1. The number of rotatable bonds is 3. The minimum atomic E-state index is -3.03. The molecular formula is C10H19N3O4S. The highest BCUT2D eigenvalue weighted by molar-refractivity contribution is 7.91. The number of carbonyl (C=O) groups is 1. The monoisotopic (exact) mass is 277 g/mol. The quantitative estimate of drug-likeness (QED) is 0.608. The van der Waals surface area contributed by atoms with Gasteiger partial charge in [0.25, 0.3) is 0 Å². The molecule has 2 fully saturated rings. The topological polar surface area (TPSA) is 87.7 Å². The van der Waals surface area contributed by atoms with E-state index in [4.69, 9.17) is 4.74 Å². The first kappa shape index (κ1) is 13.6. The summed E-state index contributed by atoms with van der Waals surface area (Å²) in [6.45, 7) is 2.05. The van der Waals surface area contributed by atoms with Gasteiger partial charge in [0.05, 0.1) is 24.2 Å². The molecule has 0 bridgehead atoms. The predicted octanol–water partition coefficient (Wildman–Crippen LogP) is -1.59. The Labute approximate surface area is 107 Å². The molecule has 0 spiro atoms. The summed E-state index contributed by atoms with van der Waals surface area (Å²) in [6.07, 6.45) is 0. The van der Waals surface area contributed by atoms with E-state index in [1.165, 1.54) is 0 Å². The molecule has 0 radical (unpaired) electrons. The smallest absolute Gasteiger partial charge is 0.317 e. The van der Waals surface area contributed by atoms with Crippen LogP contribution in [-0.2, 0) is 14.6 Å². The van der Waals surface area contributed by atoms with Crippen LogP contribution in [0.2, 0.25) is 0 Å². The minimum Gasteiger partial charge on any atom is -0.383 e. The standard InChI is InChI=1S/C10H19N3O4S/c1-17-5-3-12-10(14)13-4-2-11-8-6-18(15,16)7-9(8)13/h8-9,11H,2-7H2,1H3,(H,12,14)/t8-,9+/m0/s1. The summed E-state index contributed by atoms with van der Waals surface area (Å²) in [6, 6.07) is -0.580. The maximum absolute atomic E-state index is 12.0. The first-order chi connectivity index (χ1) is 8.53. The van der Waals surface area contributed by atoms with Gasteiger partial charge in [-0.25, -0.2) is 13.2 Å². The van der Waals surface area contributed by atoms with Crippen LogP contribution in [-0.4, -0.2) is 76.3 Å². The zero-order valence-electron chi connectivity index (χ0n) is 10.4. The highest BCUT2D eigenvalue weighted by Gasteiger charge is 2.44. The van der Waals surface area contributed by atoms with E-state index in [1.807, 2.05) is 0 Å². The predicted molar refractivity (Wildman–Crippen MR) is 66.2 cm³/mol. The summed E-state index contributed by atoms with van der Waals surface area (Å²) in [5.74, 6) is 0.182. The van der Waals surface area contributed by atoms with E-state index in [-0.39, 0.29) is 29.6 Å². The van der Waals surface area contributed by atoms with E-state index < -0.39 is 9.84 Å². The second kappa shape index (κ2) is 5.41. The van der Waals surface area contributed by atoms with Gasteiger partial charge in [-0.3, -0.25) is 0 Å². The lowest BCUT2D eigenvalue weighted by Gasteiger charge is -2.37. The molecule has 7 nitrogen and oxygen atoms in total. The lowest BCUT2D eigenvalue weighted by Crippen LogP contribution is -2.61. The van der Waals surface area contributed by atoms with Crippen molar-refractivity contribution in [1.29, 1.82) is 0 Å². The molecule has 2 N–H and O–H groups in total. The van der Waals surface area contributed by atoms with E-state index in [0.29, 0.717) is 26.2 Å². The molecule has 2 aliphatic rings. The summed E-state index contributed by atoms with van der Waals surface area (Å²) in [5, 5.41) is 5.90. The molecule has 2 amide bonds. The van der Waals surface area contributed by atoms with Gasteiger partial charge in [-0.05, 0) is 0 Å². The molecule has 2 rings (SSSR count). The Kier molecular flexibility index (Phi) is 4.08. The van der Waals surface area contributed by atoms with Gasteiger partial charge in [0.1, 0.15) is 0 Å². The molecule has 2 saturated heterocycles. The fourth-order valence-electron chi connectivity index (χ4n) is 2.48. The third kappa shape index (κ3) is 2.93. The molecule has 0 saturated carbocycles. The minimum absolute atomic E-state index is 0.0579. The highest BCUT2D eigenvalue weighted by Crippen LogP contribution is 2.21. The van der Waals surface area contributed by atoms with Gasteiger partial charge in [0.2, 0.25) is 0 Å². The Morgan fingerprint density at radius 3 is 3.00 bits per heavy atom. The van der Waals surface area contributed by atoms with Crippen LogP contribution in [0, 0.1) is 0 Å². The molecular weight excluding hydrogens is 258 g/mol. The van der Waals surface area contributed by atoms with E-state index in [9.17, 15) is 13.2 Å². The average Bonchev–Trinajstić information content (AvgIpc) is 2.62. The number of nitrogens with zero attached hydrogens (tertiary/aromatic N) is 1. The number of sulfone groups is 1. The number of amides is 2. The molecule has 2 heterocycles. The largest absolute Gasteiger partial charge is 0.383 e. The number of fused-ring (bicyclic) bond motifs is 1. The maximum atomic E-state index is 12.0. The molecule has 104 valence electrons. The van der Waals surface area contributed by atoms with Gasteiger partial charge >= 0.3 is 6.03 Å². The first-order valence-electron chi connectivity index (χ1n) is 6.01. The lowest BCUT2D eigenvalue weighted by molar-refractivity contribution is 0.145. The van der Waals surface area contributed by atoms with Gasteiger partial charge in [0.15, 0.2) is 9.84 Å². The fraction of sp³-hybridized carbons (Fsp3) is 0.900. The van der Waals surface area contributed by atoms with E-state index >= 15 is 0 Å². The van der Waals surface area contributed by atoms with Crippen molar-refractivity contribution < 1.29 is 17.9 Å². The maximum Gasteiger partial charge on any atom is 0.317 e. The summed E-state index contributed by atoms with van der Waals surface area (Å²) >= 11 is 0. The van der Waals surface area contributed by atoms with Gasteiger partial charge < -0.3 is 20.3 Å². The van der Waals surface area contributed by atoms with Crippen LogP contribution in [0.1, 0.15) is 0 Å². The van der Waals surface area contributed by atoms with Crippen molar-refractivity contribution in [2.24, 2.45) is 0 Å². The van der Waals surface area contributed by atoms with E-state index in [0.717, 1.165) is 0 Å². The number of hydrogen-bond acceptors (Lipinski definition) is 5. The Morgan fingerprint density at radius 1 is 1.50 bits per heavy atom. The zero-order valence-corrected chi connectivity index (χ0v) is 11.2. The number of carbonyl (C=O) groups excluding carboxylic acids is 1. The zero-order chi connectivity index (χ0) is 13.2. The molecule has 2 atom stereocenters. The summed E-state index contributed by atoms with van der Waals surface area (Å²) in [4.78, 5) is 13.6. The molecule has 18 heavy (non-hydrogen) atoms. The Hall–Kier alpha value is -0.860. The summed E-state index contributed by atoms with van der Waals surface area (Å²) in [7, 11) is -1.46. The Bertz CT molecular complexity index is 411. The van der Waals surface area contributed by atoms with Gasteiger partial charge in [-0.15, -0.1) is 0 Å². The van der Waals surface area contributed by atoms with Gasteiger partial charge in [-0.1, -0.05) is 0 Å². The van der Waals surface area contributed by atoms with Crippen molar-refractivity contribution in [3.63, 3.8) is 0 Å². The highest BCUT2D eigenvalue weighted by atomic mass is 32.2. The Balaban J connectivity index is 1.97. The van der Waals surface area contributed by atoms with Crippen molar-refractivity contribution in [2.75, 3.05) is 44.9 Å². The van der Waals surface area contributed by atoms with Crippen molar-refractivity contribution >= 4 is 15.9 Å². The second-order valence-corrected chi connectivity index (χ2v) is 6.78. The van der Waals surface area contributed by atoms with E-state index in [2.05, 4.69) is 10.6 Å². The average molecular weight is 277 g/mol. The van der Waals surface area contributed by atoms with Crippen LogP contribution in [0.3, 0.4) is 0 Å². The van der Waals surface area contributed by atoms with Crippen molar-refractivity contribution in [2.45, 2.75) is 12.1 Å². The molecule has 0 aromatic heterocycles. The normalized spacial score (nSPS) is 29.9. The molecule has 0 unspecified atom stereocenters. The van der Waals surface area contributed by atoms with Crippen LogP contribution < -0.4 is 10.6 Å². The summed E-state index contributed by atoms with van der Waals surface area (Å²) < 4.78 is 28.1. The van der Waals surface area contributed by atoms with Crippen molar-refractivity contribution in [3.8, 4) is 0 Å². The van der Waals surface area contributed by atoms with Gasteiger partial charge in [0, 0.05) is 32.8 Å². The first-order valence-corrected chi connectivity index (χ1v) is 7.83. The van der Waals surface area contributed by atoms with Crippen LogP contribution in [0.4, 0.5) is 4.79 Å². The second-order valence-electron chi connectivity index (χ2n) is 4.62. The van der Waals surface area contributed by atoms with Crippen LogP contribution in [0.15, 0.2) is 0 Å². The number of nitrogens with one attached hydrogen (secondary N) is 2. The number of hydrogen-bond donors (Lipinski definition) is 2. The summed E-state index contributed by atoms with van der Waals surface area (Å²) in [5.41, 5.74) is 0. The lowest BCUT2D eigenvalue weighted by atomic mass is 10.1. The van der Waals surface area contributed by atoms with Crippen molar-refractivity contribution in [3.05, 3.63) is 0 Å². The molecule has 0 aromatic carbocycles. The number of urea groups is 1. The molecule has 8 heteroatoms. The Morgan fingerprint density at radius 2 is 2.28 bits per heavy atom. The number of ether oxygens (including phenoxy) is 1. The SMILES string of the molecule is COCCNC(=O)N1CCN[C@H]2CS(=O)(=O)C[C@H]21. The third-order valence-corrected chi connectivity index (χ3v) is 5.04. The van der Waals surface area contributed by atoms with Crippen LogP contribution in [0.25, 0.3) is 0 Å². The van der Waals surface area contributed by atoms with E-state index in [1.54, 1.807) is 12.0 Å². The molecule has 2 aliphatic heterocycles. The molecule has 0 aromatic rings. The van der Waals surface area contributed by atoms with Crippen LogP contribution >= 0.6 is 0 Å². The van der Waals surface area contributed by atoms with Crippen molar-refractivity contribution in [1.82, 2.24) is 15.5 Å². The van der Waals surface area contributed by atoms with Gasteiger partial charge in [-0.2, -0.15) is 0 Å². The van der Waals surface area contributed by atoms with Crippen LogP contribution in [0.5, 0.6) is 0 Å². The number of piperazine rings is 1.